The Balaban J connectivity index is 1.54. The fourth-order valence-corrected chi connectivity index (χ4v) is 5.38. The number of carbonyl (C=O) groups is 1. The number of benzene rings is 1. The summed E-state index contributed by atoms with van der Waals surface area (Å²) in [5.74, 6) is 2.05. The van der Waals surface area contributed by atoms with E-state index in [1.165, 1.54) is 24.0 Å². The quantitative estimate of drug-likeness (QED) is 0.760. The van der Waals surface area contributed by atoms with E-state index in [1.54, 1.807) is 0 Å². The molecule has 1 amide bonds. The molecular formula is C24H31N3O3. The second kappa shape index (κ2) is 7.33. The molecule has 6 heteroatoms. The first-order chi connectivity index (χ1) is 14.5. The largest absolute Gasteiger partial charge is 0.486 e. The summed E-state index contributed by atoms with van der Waals surface area (Å²) in [6.45, 7) is 9.53. The van der Waals surface area contributed by atoms with Crippen LogP contribution in [0.5, 0.6) is 11.5 Å². The van der Waals surface area contributed by atoms with Crippen molar-refractivity contribution in [1.82, 2.24) is 14.7 Å². The number of carbonyl (C=O) groups excluding carboxylic acids is 1. The van der Waals surface area contributed by atoms with Gasteiger partial charge in [-0.05, 0) is 55.0 Å². The smallest absolute Gasteiger partial charge is 0.272 e. The first kappa shape index (κ1) is 19.5. The van der Waals surface area contributed by atoms with Crippen molar-refractivity contribution in [3.63, 3.8) is 0 Å². The Morgan fingerprint density at radius 3 is 2.50 bits per heavy atom. The van der Waals surface area contributed by atoms with E-state index in [4.69, 9.17) is 9.47 Å². The summed E-state index contributed by atoms with van der Waals surface area (Å²) in [5, 5.41) is 4.67. The van der Waals surface area contributed by atoms with E-state index in [9.17, 15) is 4.79 Å². The van der Waals surface area contributed by atoms with Crippen LogP contribution in [0, 0.1) is 0 Å². The maximum absolute atomic E-state index is 13.7. The number of rotatable bonds is 3. The van der Waals surface area contributed by atoms with Crippen LogP contribution in [0.3, 0.4) is 0 Å². The summed E-state index contributed by atoms with van der Waals surface area (Å²) in [7, 11) is 0. The lowest BCUT2D eigenvalue weighted by Gasteiger charge is -2.42. The number of fused-ring (bicyclic) bond motifs is 3. The van der Waals surface area contributed by atoms with Crippen LogP contribution in [0.4, 0.5) is 0 Å². The van der Waals surface area contributed by atoms with Gasteiger partial charge in [0.1, 0.15) is 18.9 Å². The molecule has 3 aliphatic rings. The summed E-state index contributed by atoms with van der Waals surface area (Å²) >= 11 is 0. The molecule has 1 aliphatic carbocycles. The van der Waals surface area contributed by atoms with E-state index in [0.717, 1.165) is 36.6 Å². The molecule has 0 atom stereocenters. The van der Waals surface area contributed by atoms with Crippen molar-refractivity contribution in [3.05, 3.63) is 40.7 Å². The van der Waals surface area contributed by atoms with Gasteiger partial charge in [0.25, 0.3) is 5.91 Å². The van der Waals surface area contributed by atoms with Crippen molar-refractivity contribution in [1.29, 1.82) is 0 Å². The van der Waals surface area contributed by atoms with Crippen LogP contribution in [0.1, 0.15) is 79.7 Å². The zero-order valence-electron chi connectivity index (χ0n) is 18.2. The molecule has 0 saturated heterocycles. The summed E-state index contributed by atoms with van der Waals surface area (Å²) < 4.78 is 13.6. The molecule has 0 N–H and O–H groups in total. The highest BCUT2D eigenvalue weighted by molar-refractivity contribution is 5.93. The van der Waals surface area contributed by atoms with Crippen LogP contribution in [-0.4, -0.2) is 40.3 Å². The van der Waals surface area contributed by atoms with Gasteiger partial charge in [-0.15, -0.1) is 0 Å². The van der Waals surface area contributed by atoms with E-state index >= 15 is 0 Å². The van der Waals surface area contributed by atoms with Gasteiger partial charge in [-0.2, -0.15) is 5.10 Å². The summed E-state index contributed by atoms with van der Waals surface area (Å²) in [6, 6.07) is 6.29. The van der Waals surface area contributed by atoms with Crippen molar-refractivity contribution in [2.75, 3.05) is 19.8 Å². The van der Waals surface area contributed by atoms with Gasteiger partial charge in [-0.3, -0.25) is 9.48 Å². The highest BCUT2D eigenvalue weighted by atomic mass is 16.6. The normalized spacial score (nSPS) is 19.4. The van der Waals surface area contributed by atoms with Crippen molar-refractivity contribution in [2.45, 2.75) is 70.9 Å². The number of hydrogen-bond acceptors (Lipinski definition) is 4. The molecule has 6 nitrogen and oxygen atoms in total. The fraction of sp³-hybridized carbons (Fsp3) is 0.583. The van der Waals surface area contributed by atoms with E-state index in [2.05, 4.69) is 31.1 Å². The molecule has 1 saturated carbocycles. The fourth-order valence-electron chi connectivity index (χ4n) is 5.38. The third kappa shape index (κ3) is 3.08. The lowest BCUT2D eigenvalue weighted by atomic mass is 9.73. The molecule has 2 aliphatic heterocycles. The zero-order chi connectivity index (χ0) is 20.9. The molecule has 0 unspecified atom stereocenters. The Morgan fingerprint density at radius 1 is 1.13 bits per heavy atom. The predicted octanol–water partition coefficient (Wildman–Crippen LogP) is 4.27. The number of amides is 1. The Bertz CT molecular complexity index is 972. The van der Waals surface area contributed by atoms with Gasteiger partial charge in [0.15, 0.2) is 11.5 Å². The second-order valence-electron chi connectivity index (χ2n) is 9.23. The average Bonchev–Trinajstić information content (AvgIpc) is 3.39. The highest BCUT2D eigenvalue weighted by Gasteiger charge is 2.44. The monoisotopic (exact) mass is 409 g/mol. The maximum atomic E-state index is 13.7. The molecule has 0 radical (unpaired) electrons. The van der Waals surface area contributed by atoms with Gasteiger partial charge in [0.2, 0.25) is 0 Å². The first-order valence-corrected chi connectivity index (χ1v) is 11.3. The van der Waals surface area contributed by atoms with E-state index in [1.807, 2.05) is 22.6 Å². The maximum Gasteiger partial charge on any atom is 0.272 e. The third-order valence-electron chi connectivity index (χ3n) is 6.95. The van der Waals surface area contributed by atoms with E-state index in [-0.39, 0.29) is 11.3 Å². The van der Waals surface area contributed by atoms with E-state index < -0.39 is 0 Å². The van der Waals surface area contributed by atoms with Crippen molar-refractivity contribution in [2.24, 2.45) is 0 Å². The standard InChI is InChI=1S/C24H31N3O3/c1-4-27-20(13-19(25-27)16(2)3)23(28)26-14-17-11-21-22(30-10-9-29-21)12-18(17)24(15-26)7-5-6-8-24/h11-13,16H,4-10,14-15H2,1-3H3. The van der Waals surface area contributed by atoms with Crippen molar-refractivity contribution >= 4 is 5.91 Å². The minimum atomic E-state index is 0.0248. The van der Waals surface area contributed by atoms with Crippen LogP contribution in [-0.2, 0) is 18.5 Å². The molecule has 3 heterocycles. The molecule has 1 aromatic carbocycles. The molecule has 1 aromatic heterocycles. The Labute approximate surface area is 178 Å². The molecule has 30 heavy (non-hydrogen) atoms. The lowest BCUT2D eigenvalue weighted by Crippen LogP contribution is -2.47. The number of aryl methyl sites for hydroxylation is 1. The van der Waals surface area contributed by atoms with Crippen molar-refractivity contribution < 1.29 is 14.3 Å². The van der Waals surface area contributed by atoms with Crippen LogP contribution in [0.2, 0.25) is 0 Å². The van der Waals surface area contributed by atoms with Gasteiger partial charge in [0.05, 0.1) is 5.69 Å². The minimum absolute atomic E-state index is 0.0248. The first-order valence-electron chi connectivity index (χ1n) is 11.3. The van der Waals surface area contributed by atoms with Crippen LogP contribution in [0.15, 0.2) is 18.2 Å². The van der Waals surface area contributed by atoms with Gasteiger partial charge in [0, 0.05) is 25.0 Å². The molecule has 1 spiro atoms. The third-order valence-corrected chi connectivity index (χ3v) is 6.95. The summed E-state index contributed by atoms with van der Waals surface area (Å²) in [4.78, 5) is 15.7. The second-order valence-corrected chi connectivity index (χ2v) is 9.23. The Kier molecular flexibility index (Phi) is 4.75. The number of hydrogen-bond donors (Lipinski definition) is 0. The average molecular weight is 410 g/mol. The van der Waals surface area contributed by atoms with Crippen molar-refractivity contribution in [3.8, 4) is 11.5 Å². The number of nitrogens with zero attached hydrogens (tertiary/aromatic N) is 3. The number of ether oxygens (including phenoxy) is 2. The molecule has 0 bridgehead atoms. The Morgan fingerprint density at radius 2 is 1.83 bits per heavy atom. The van der Waals surface area contributed by atoms with Gasteiger partial charge < -0.3 is 14.4 Å². The number of aromatic nitrogens is 2. The Hall–Kier alpha value is -2.50. The molecular weight excluding hydrogens is 378 g/mol. The summed E-state index contributed by atoms with van der Waals surface area (Å²) in [6.07, 6.45) is 4.65. The van der Waals surface area contributed by atoms with Crippen LogP contribution in [0.25, 0.3) is 0 Å². The van der Waals surface area contributed by atoms with Gasteiger partial charge in [-0.1, -0.05) is 26.7 Å². The molecule has 5 rings (SSSR count). The molecule has 2 aromatic rings. The SMILES string of the molecule is CCn1nc(C(C)C)cc1C(=O)N1Cc2cc3c(cc2C2(CCCC2)C1)OCCO3. The molecule has 160 valence electrons. The zero-order valence-corrected chi connectivity index (χ0v) is 18.2. The predicted molar refractivity (Wildman–Crippen MR) is 114 cm³/mol. The van der Waals surface area contributed by atoms with Crippen LogP contribution >= 0.6 is 0 Å². The minimum Gasteiger partial charge on any atom is -0.486 e. The highest BCUT2D eigenvalue weighted by Crippen LogP contribution is 2.49. The summed E-state index contributed by atoms with van der Waals surface area (Å²) in [5.41, 5.74) is 4.27. The van der Waals surface area contributed by atoms with Crippen LogP contribution < -0.4 is 9.47 Å². The lowest BCUT2D eigenvalue weighted by molar-refractivity contribution is 0.0656. The topological polar surface area (TPSA) is 56.6 Å². The van der Waals surface area contributed by atoms with Gasteiger partial charge >= 0.3 is 0 Å². The van der Waals surface area contributed by atoms with Gasteiger partial charge in [-0.25, -0.2) is 0 Å². The van der Waals surface area contributed by atoms with E-state index in [0.29, 0.717) is 37.9 Å². The molecule has 1 fully saturated rings.